The average Bonchev–Trinajstić information content (AvgIpc) is 2.31. The highest BCUT2D eigenvalue weighted by atomic mass is 35.5. The van der Waals surface area contributed by atoms with Gasteiger partial charge >= 0.3 is 0 Å². The fourth-order valence-corrected chi connectivity index (χ4v) is 1.29. The van der Waals surface area contributed by atoms with Crippen LogP contribution < -0.4 is 0 Å². The van der Waals surface area contributed by atoms with Crippen molar-refractivity contribution in [2.45, 2.75) is 32.3 Å². The molecule has 0 N–H and O–H groups in total. The van der Waals surface area contributed by atoms with Crippen molar-refractivity contribution in [1.29, 1.82) is 0 Å². The summed E-state index contributed by atoms with van der Waals surface area (Å²) in [4.78, 5) is 0. The number of ether oxygens (including phenoxy) is 1. The zero-order chi connectivity index (χ0) is 7.40. The van der Waals surface area contributed by atoms with Crippen molar-refractivity contribution in [3.05, 3.63) is 11.8 Å². The molecular weight excluding hydrogens is 148 g/mol. The quantitative estimate of drug-likeness (QED) is 0.577. The molecule has 1 aliphatic rings. The molecule has 10 heavy (non-hydrogen) atoms. The maximum Gasteiger partial charge on any atom is 0.102 e. The molecule has 1 heterocycles. The highest BCUT2D eigenvalue weighted by molar-refractivity contribution is 6.17. The first kappa shape index (κ1) is 7.93. The molecule has 0 saturated heterocycles. The number of alkyl halides is 1. The van der Waals surface area contributed by atoms with Gasteiger partial charge in [-0.2, -0.15) is 0 Å². The minimum absolute atomic E-state index is 0.416. The molecule has 1 nitrogen and oxygen atoms in total. The van der Waals surface area contributed by atoms with Crippen molar-refractivity contribution in [2.75, 3.05) is 5.88 Å². The fourth-order valence-electron chi connectivity index (χ4n) is 1.14. The molecular formula is C8H13ClO. The summed E-state index contributed by atoms with van der Waals surface area (Å²) in [7, 11) is 0. The van der Waals surface area contributed by atoms with E-state index in [0.29, 0.717) is 6.10 Å². The second-order valence-corrected chi connectivity index (χ2v) is 3.00. The lowest BCUT2D eigenvalue weighted by Gasteiger charge is -2.09. The zero-order valence-corrected chi connectivity index (χ0v) is 7.03. The Morgan fingerprint density at radius 1 is 1.80 bits per heavy atom. The number of rotatable bonds is 3. The summed E-state index contributed by atoms with van der Waals surface area (Å²) in [5.74, 6) is 1.82. The summed E-state index contributed by atoms with van der Waals surface area (Å²) < 4.78 is 5.47. The predicted octanol–water partition coefficient (Wildman–Crippen LogP) is 2.70. The average molecular weight is 161 g/mol. The van der Waals surface area contributed by atoms with Crippen LogP contribution in [-0.4, -0.2) is 12.0 Å². The monoisotopic (exact) mass is 160 g/mol. The summed E-state index contributed by atoms with van der Waals surface area (Å²) in [6.45, 7) is 2.00. The van der Waals surface area contributed by atoms with Gasteiger partial charge in [-0.15, -0.1) is 11.6 Å². The van der Waals surface area contributed by atoms with Gasteiger partial charge < -0.3 is 4.74 Å². The molecule has 2 heteroatoms. The molecule has 58 valence electrons. The molecule has 1 rings (SSSR count). The molecule has 0 spiro atoms. The molecule has 0 aliphatic carbocycles. The van der Waals surface area contributed by atoms with Crippen LogP contribution >= 0.6 is 11.6 Å². The van der Waals surface area contributed by atoms with Gasteiger partial charge in [0.2, 0.25) is 0 Å². The van der Waals surface area contributed by atoms with E-state index in [2.05, 4.69) is 6.08 Å². The van der Waals surface area contributed by atoms with E-state index < -0.39 is 0 Å². The Labute approximate surface area is 67.0 Å². The van der Waals surface area contributed by atoms with Gasteiger partial charge in [0, 0.05) is 12.3 Å². The summed E-state index contributed by atoms with van der Waals surface area (Å²) in [5, 5.41) is 0. The largest absolute Gasteiger partial charge is 0.495 e. The van der Waals surface area contributed by atoms with Gasteiger partial charge in [0.25, 0.3) is 0 Å². The van der Waals surface area contributed by atoms with E-state index in [-0.39, 0.29) is 0 Å². The first-order valence-corrected chi connectivity index (χ1v) is 4.26. The summed E-state index contributed by atoms with van der Waals surface area (Å²) in [5.41, 5.74) is 0. The topological polar surface area (TPSA) is 9.23 Å². The van der Waals surface area contributed by atoms with Crippen LogP contribution in [0.1, 0.15) is 26.2 Å². The first-order valence-electron chi connectivity index (χ1n) is 3.72. The minimum atomic E-state index is 0.416. The van der Waals surface area contributed by atoms with E-state index in [1.54, 1.807) is 0 Å². The molecule has 0 aromatic rings. The standard InChI is InChI=1S/C8H13ClO/c1-7-4-5-8(10-7)3-2-6-9/h4,8H,2-3,5-6H2,1H3. The van der Waals surface area contributed by atoms with Gasteiger partial charge in [0.15, 0.2) is 0 Å². The summed E-state index contributed by atoms with van der Waals surface area (Å²) >= 11 is 5.54. The SMILES string of the molecule is CC1=CCC(CCCCl)O1. The number of halogens is 1. The Bertz CT molecular complexity index is 131. The Morgan fingerprint density at radius 3 is 3.10 bits per heavy atom. The van der Waals surface area contributed by atoms with E-state index in [0.717, 1.165) is 30.9 Å². The molecule has 0 aromatic carbocycles. The highest BCUT2D eigenvalue weighted by Crippen LogP contribution is 2.19. The van der Waals surface area contributed by atoms with Crippen LogP contribution in [0.15, 0.2) is 11.8 Å². The van der Waals surface area contributed by atoms with Crippen molar-refractivity contribution < 1.29 is 4.74 Å². The highest BCUT2D eigenvalue weighted by Gasteiger charge is 2.13. The predicted molar refractivity (Wildman–Crippen MR) is 43.2 cm³/mol. The fraction of sp³-hybridized carbons (Fsp3) is 0.750. The van der Waals surface area contributed by atoms with Gasteiger partial charge in [-0.05, 0) is 25.8 Å². The lowest BCUT2D eigenvalue weighted by atomic mass is 10.2. The smallest absolute Gasteiger partial charge is 0.102 e. The van der Waals surface area contributed by atoms with Gasteiger partial charge in [-0.3, -0.25) is 0 Å². The molecule has 1 aliphatic heterocycles. The van der Waals surface area contributed by atoms with Crippen LogP contribution in [0, 0.1) is 0 Å². The summed E-state index contributed by atoms with van der Waals surface area (Å²) in [6.07, 6.45) is 5.78. The van der Waals surface area contributed by atoms with Crippen LogP contribution in [0.2, 0.25) is 0 Å². The lowest BCUT2D eigenvalue weighted by Crippen LogP contribution is -2.05. The van der Waals surface area contributed by atoms with E-state index in [4.69, 9.17) is 16.3 Å². The Balaban J connectivity index is 2.11. The van der Waals surface area contributed by atoms with Crippen LogP contribution in [0.3, 0.4) is 0 Å². The molecule has 0 bridgehead atoms. The van der Waals surface area contributed by atoms with E-state index >= 15 is 0 Å². The Kier molecular flexibility index (Phi) is 3.07. The number of hydrogen-bond donors (Lipinski definition) is 0. The third-order valence-corrected chi connectivity index (χ3v) is 1.95. The van der Waals surface area contributed by atoms with Crippen LogP contribution in [-0.2, 0) is 4.74 Å². The molecule has 1 unspecified atom stereocenters. The van der Waals surface area contributed by atoms with Gasteiger partial charge in [0.1, 0.15) is 6.10 Å². The molecule has 0 amide bonds. The first-order chi connectivity index (χ1) is 4.83. The molecule has 1 atom stereocenters. The maximum atomic E-state index is 5.54. The van der Waals surface area contributed by atoms with Gasteiger partial charge in [-0.25, -0.2) is 0 Å². The van der Waals surface area contributed by atoms with Crippen LogP contribution in [0.4, 0.5) is 0 Å². The molecule has 0 aromatic heterocycles. The molecule has 0 radical (unpaired) electrons. The normalized spacial score (nSPS) is 24.2. The van der Waals surface area contributed by atoms with Crippen LogP contribution in [0.25, 0.3) is 0 Å². The maximum absolute atomic E-state index is 5.54. The van der Waals surface area contributed by atoms with E-state index in [1.807, 2.05) is 6.92 Å². The third kappa shape index (κ3) is 2.22. The molecule has 0 saturated carbocycles. The number of hydrogen-bond acceptors (Lipinski definition) is 1. The third-order valence-electron chi connectivity index (χ3n) is 1.68. The van der Waals surface area contributed by atoms with Gasteiger partial charge in [-0.1, -0.05) is 0 Å². The summed E-state index contributed by atoms with van der Waals surface area (Å²) in [6, 6.07) is 0. The number of allylic oxidation sites excluding steroid dienone is 1. The zero-order valence-electron chi connectivity index (χ0n) is 6.27. The van der Waals surface area contributed by atoms with Crippen molar-refractivity contribution in [2.24, 2.45) is 0 Å². The second kappa shape index (κ2) is 3.87. The van der Waals surface area contributed by atoms with E-state index in [1.165, 1.54) is 0 Å². The van der Waals surface area contributed by atoms with Crippen molar-refractivity contribution in [3.8, 4) is 0 Å². The van der Waals surface area contributed by atoms with Crippen molar-refractivity contribution in [3.63, 3.8) is 0 Å². The second-order valence-electron chi connectivity index (χ2n) is 2.62. The van der Waals surface area contributed by atoms with Gasteiger partial charge in [0.05, 0.1) is 5.76 Å². The van der Waals surface area contributed by atoms with Crippen molar-refractivity contribution in [1.82, 2.24) is 0 Å². The lowest BCUT2D eigenvalue weighted by molar-refractivity contribution is 0.136. The minimum Gasteiger partial charge on any atom is -0.495 e. The van der Waals surface area contributed by atoms with E-state index in [9.17, 15) is 0 Å². The van der Waals surface area contributed by atoms with Crippen molar-refractivity contribution >= 4 is 11.6 Å². The van der Waals surface area contributed by atoms with Crippen LogP contribution in [0.5, 0.6) is 0 Å². The molecule has 0 fully saturated rings. The Morgan fingerprint density at radius 2 is 2.60 bits per heavy atom. The Hall–Kier alpha value is -0.170.